The van der Waals surface area contributed by atoms with Crippen LogP contribution in [0.4, 0.5) is 0 Å². The van der Waals surface area contributed by atoms with Crippen molar-refractivity contribution >= 4 is 5.78 Å². The zero-order valence-electron chi connectivity index (χ0n) is 6.22. The molecular weight excluding hydrogens is 130 g/mol. The second-order valence-corrected chi connectivity index (χ2v) is 2.87. The molecule has 0 unspecified atom stereocenters. The van der Waals surface area contributed by atoms with Gasteiger partial charge in [0.25, 0.3) is 0 Å². The normalized spacial score (nSPS) is 21.8. The third kappa shape index (κ3) is 1.20. The average molecular weight is 143 g/mol. The van der Waals surface area contributed by atoms with E-state index in [0.29, 0.717) is 0 Å². The first-order valence-corrected chi connectivity index (χ1v) is 3.50. The molecule has 0 radical (unpaired) electrons. The van der Waals surface area contributed by atoms with Gasteiger partial charge in [0.2, 0.25) is 0 Å². The fourth-order valence-corrected chi connectivity index (χ4v) is 1.11. The van der Waals surface area contributed by atoms with Gasteiger partial charge in [-0.15, -0.1) is 0 Å². The van der Waals surface area contributed by atoms with E-state index < -0.39 is 5.54 Å². The van der Waals surface area contributed by atoms with Crippen molar-refractivity contribution in [2.45, 2.75) is 24.8 Å². The number of rotatable bonds is 3. The smallest absolute Gasteiger partial charge is 0.178 e. The number of methoxy groups -OCH3 is 1. The van der Waals surface area contributed by atoms with Crippen molar-refractivity contribution in [2.75, 3.05) is 13.7 Å². The minimum atomic E-state index is -0.532. The van der Waals surface area contributed by atoms with Crippen LogP contribution in [0.3, 0.4) is 0 Å². The van der Waals surface area contributed by atoms with Crippen LogP contribution in [0.1, 0.15) is 19.3 Å². The van der Waals surface area contributed by atoms with Crippen molar-refractivity contribution in [3.8, 4) is 0 Å². The predicted molar refractivity (Wildman–Crippen MR) is 37.7 cm³/mol. The van der Waals surface area contributed by atoms with Crippen LogP contribution >= 0.6 is 0 Å². The lowest BCUT2D eigenvalue weighted by Gasteiger charge is -2.35. The minimum Gasteiger partial charge on any atom is -0.377 e. The molecule has 1 aliphatic carbocycles. The van der Waals surface area contributed by atoms with E-state index in [0.717, 1.165) is 19.3 Å². The van der Waals surface area contributed by atoms with Gasteiger partial charge in [0.15, 0.2) is 5.78 Å². The highest BCUT2D eigenvalue weighted by atomic mass is 16.5. The summed E-state index contributed by atoms with van der Waals surface area (Å²) in [7, 11) is 1.51. The Hall–Kier alpha value is -0.410. The van der Waals surface area contributed by atoms with Crippen molar-refractivity contribution in [2.24, 2.45) is 5.73 Å². The van der Waals surface area contributed by atoms with Crippen LogP contribution in [0.15, 0.2) is 0 Å². The summed E-state index contributed by atoms with van der Waals surface area (Å²) >= 11 is 0. The first-order chi connectivity index (χ1) is 4.69. The summed E-state index contributed by atoms with van der Waals surface area (Å²) in [5.74, 6) is 0.0428. The van der Waals surface area contributed by atoms with Crippen molar-refractivity contribution in [3.05, 3.63) is 0 Å². The van der Waals surface area contributed by atoms with Gasteiger partial charge in [0.05, 0.1) is 5.54 Å². The summed E-state index contributed by atoms with van der Waals surface area (Å²) in [6, 6.07) is 0. The van der Waals surface area contributed by atoms with Crippen molar-refractivity contribution in [1.82, 2.24) is 0 Å². The largest absolute Gasteiger partial charge is 0.377 e. The van der Waals surface area contributed by atoms with E-state index in [-0.39, 0.29) is 12.4 Å². The van der Waals surface area contributed by atoms with E-state index >= 15 is 0 Å². The number of ketones is 1. The molecule has 0 atom stereocenters. The summed E-state index contributed by atoms with van der Waals surface area (Å²) in [5.41, 5.74) is 5.17. The highest BCUT2D eigenvalue weighted by Crippen LogP contribution is 2.29. The van der Waals surface area contributed by atoms with Gasteiger partial charge in [-0.05, 0) is 19.3 Å². The van der Waals surface area contributed by atoms with E-state index in [9.17, 15) is 4.79 Å². The second-order valence-electron chi connectivity index (χ2n) is 2.87. The minimum absolute atomic E-state index is 0.0428. The maximum atomic E-state index is 11.1. The van der Waals surface area contributed by atoms with Crippen molar-refractivity contribution < 1.29 is 9.53 Å². The molecule has 0 saturated heterocycles. The zero-order valence-corrected chi connectivity index (χ0v) is 6.22. The molecule has 0 bridgehead atoms. The van der Waals surface area contributed by atoms with Crippen LogP contribution in [0, 0.1) is 0 Å². The molecule has 1 fully saturated rings. The zero-order chi connectivity index (χ0) is 7.61. The third-order valence-corrected chi connectivity index (χ3v) is 2.08. The number of Topliss-reactive ketones (excluding diaryl/α,β-unsaturated/α-hetero) is 1. The quantitative estimate of drug-likeness (QED) is 0.609. The molecule has 10 heavy (non-hydrogen) atoms. The summed E-state index contributed by atoms with van der Waals surface area (Å²) in [5, 5.41) is 0. The summed E-state index contributed by atoms with van der Waals surface area (Å²) in [4.78, 5) is 11.1. The molecule has 0 aliphatic heterocycles. The lowest BCUT2D eigenvalue weighted by atomic mass is 9.75. The SMILES string of the molecule is COCC(=O)C1(N)CCC1. The van der Waals surface area contributed by atoms with E-state index in [2.05, 4.69) is 0 Å². The number of ether oxygens (including phenoxy) is 1. The van der Waals surface area contributed by atoms with Crippen LogP contribution in [-0.4, -0.2) is 25.0 Å². The molecule has 0 amide bonds. The van der Waals surface area contributed by atoms with Gasteiger partial charge in [0, 0.05) is 7.11 Å². The second kappa shape index (κ2) is 2.68. The molecule has 1 saturated carbocycles. The lowest BCUT2D eigenvalue weighted by molar-refractivity contribution is -0.130. The molecule has 0 aromatic heterocycles. The standard InChI is InChI=1S/C7H13NO2/c1-10-5-6(9)7(8)3-2-4-7/h2-5,8H2,1H3. The molecule has 1 aliphatic rings. The first kappa shape index (κ1) is 7.69. The Labute approximate surface area is 60.5 Å². The summed E-state index contributed by atoms with van der Waals surface area (Å²) < 4.78 is 4.70. The summed E-state index contributed by atoms with van der Waals surface area (Å²) in [6.45, 7) is 0.163. The fraction of sp³-hybridized carbons (Fsp3) is 0.857. The van der Waals surface area contributed by atoms with Crippen LogP contribution < -0.4 is 5.73 Å². The number of hydrogen-bond acceptors (Lipinski definition) is 3. The summed E-state index contributed by atoms with van der Waals surface area (Å²) in [6.07, 6.45) is 2.73. The Kier molecular flexibility index (Phi) is 2.06. The topological polar surface area (TPSA) is 52.3 Å². The molecule has 3 nitrogen and oxygen atoms in total. The van der Waals surface area contributed by atoms with Gasteiger partial charge in [-0.3, -0.25) is 4.79 Å². The molecule has 2 N–H and O–H groups in total. The Morgan fingerprint density at radius 2 is 2.30 bits per heavy atom. The number of carbonyl (C=O) groups is 1. The maximum Gasteiger partial charge on any atom is 0.178 e. The molecular formula is C7H13NO2. The highest BCUT2D eigenvalue weighted by molar-refractivity contribution is 5.90. The van der Waals surface area contributed by atoms with Crippen LogP contribution in [0.5, 0.6) is 0 Å². The van der Waals surface area contributed by atoms with E-state index in [4.69, 9.17) is 10.5 Å². The Balaban J connectivity index is 2.39. The Morgan fingerprint density at radius 3 is 2.60 bits per heavy atom. The number of carbonyl (C=O) groups excluding carboxylic acids is 1. The Bertz CT molecular complexity index is 141. The molecule has 3 heteroatoms. The van der Waals surface area contributed by atoms with E-state index in [1.165, 1.54) is 7.11 Å². The molecule has 0 heterocycles. The monoisotopic (exact) mass is 143 g/mol. The molecule has 0 aromatic carbocycles. The molecule has 0 aromatic rings. The van der Waals surface area contributed by atoms with Crippen LogP contribution in [-0.2, 0) is 9.53 Å². The highest BCUT2D eigenvalue weighted by Gasteiger charge is 2.39. The molecule has 0 spiro atoms. The van der Waals surface area contributed by atoms with Crippen LogP contribution in [0.2, 0.25) is 0 Å². The molecule has 58 valence electrons. The van der Waals surface area contributed by atoms with Gasteiger partial charge in [-0.2, -0.15) is 0 Å². The fourth-order valence-electron chi connectivity index (χ4n) is 1.11. The Morgan fingerprint density at radius 1 is 1.70 bits per heavy atom. The molecule has 1 rings (SSSR count). The van der Waals surface area contributed by atoms with Crippen molar-refractivity contribution in [1.29, 1.82) is 0 Å². The van der Waals surface area contributed by atoms with Gasteiger partial charge >= 0.3 is 0 Å². The van der Waals surface area contributed by atoms with Gasteiger partial charge in [0.1, 0.15) is 6.61 Å². The van der Waals surface area contributed by atoms with Crippen LogP contribution in [0.25, 0.3) is 0 Å². The third-order valence-electron chi connectivity index (χ3n) is 2.08. The van der Waals surface area contributed by atoms with Gasteiger partial charge < -0.3 is 10.5 Å². The van der Waals surface area contributed by atoms with Gasteiger partial charge in [-0.25, -0.2) is 0 Å². The lowest BCUT2D eigenvalue weighted by Crippen LogP contribution is -2.54. The number of nitrogens with two attached hydrogens (primary N) is 1. The first-order valence-electron chi connectivity index (χ1n) is 3.50. The van der Waals surface area contributed by atoms with Gasteiger partial charge in [-0.1, -0.05) is 0 Å². The average Bonchev–Trinajstić information content (AvgIpc) is 1.83. The van der Waals surface area contributed by atoms with Crippen molar-refractivity contribution in [3.63, 3.8) is 0 Å². The van der Waals surface area contributed by atoms with E-state index in [1.54, 1.807) is 0 Å². The maximum absolute atomic E-state index is 11.1. The van der Waals surface area contributed by atoms with E-state index in [1.807, 2.05) is 0 Å². The predicted octanol–water partition coefficient (Wildman–Crippen LogP) is 0.0833. The number of hydrogen-bond donors (Lipinski definition) is 1.